The van der Waals surface area contributed by atoms with Crippen molar-refractivity contribution in [2.24, 2.45) is 0 Å². The van der Waals surface area contributed by atoms with Gasteiger partial charge in [0, 0.05) is 31.9 Å². The van der Waals surface area contributed by atoms with Gasteiger partial charge in [-0.1, -0.05) is 24.3 Å². The maximum absolute atomic E-state index is 13.7. The van der Waals surface area contributed by atoms with Gasteiger partial charge in [0.05, 0.1) is 12.3 Å². The number of aryl methyl sites for hydroxylation is 1. The molecule has 8 heteroatoms. The highest BCUT2D eigenvalue weighted by atomic mass is 19.1. The molecule has 1 aliphatic heterocycles. The highest BCUT2D eigenvalue weighted by Gasteiger charge is 2.31. The van der Waals surface area contributed by atoms with E-state index in [0.717, 1.165) is 43.3 Å². The van der Waals surface area contributed by atoms with E-state index in [9.17, 15) is 4.39 Å². The molecule has 1 unspecified atom stereocenters. The van der Waals surface area contributed by atoms with E-state index in [1.165, 1.54) is 28.9 Å². The van der Waals surface area contributed by atoms with Crippen molar-refractivity contribution in [1.29, 1.82) is 0 Å². The Balaban J connectivity index is 1.43. The van der Waals surface area contributed by atoms with Gasteiger partial charge in [0.2, 0.25) is 0 Å². The molecular formula is C25H27FN6O. The summed E-state index contributed by atoms with van der Waals surface area (Å²) in [6.07, 6.45) is 1.64. The molecule has 0 saturated carbocycles. The van der Waals surface area contributed by atoms with Gasteiger partial charge in [0.25, 0.3) is 0 Å². The molecule has 0 aliphatic carbocycles. The van der Waals surface area contributed by atoms with E-state index in [1.807, 2.05) is 24.3 Å². The van der Waals surface area contributed by atoms with Crippen molar-refractivity contribution in [3.05, 3.63) is 95.0 Å². The van der Waals surface area contributed by atoms with Gasteiger partial charge in [-0.25, -0.2) is 9.07 Å². The first kappa shape index (κ1) is 21.3. The monoisotopic (exact) mass is 446 g/mol. The minimum absolute atomic E-state index is 0.184. The lowest BCUT2D eigenvalue weighted by molar-refractivity contribution is 0.200. The second kappa shape index (κ2) is 9.15. The zero-order chi connectivity index (χ0) is 22.8. The van der Waals surface area contributed by atoms with Crippen LogP contribution in [-0.4, -0.2) is 51.3 Å². The normalized spacial score (nSPS) is 15.7. The van der Waals surface area contributed by atoms with Gasteiger partial charge in [-0.15, -0.1) is 5.10 Å². The summed E-state index contributed by atoms with van der Waals surface area (Å²) in [5, 5.41) is 12.6. The molecule has 1 fully saturated rings. The molecule has 5 rings (SSSR count). The van der Waals surface area contributed by atoms with Gasteiger partial charge >= 0.3 is 0 Å². The minimum Gasteiger partial charge on any atom is -0.467 e. The largest absolute Gasteiger partial charge is 0.467 e. The molecule has 3 heterocycles. The Morgan fingerprint density at radius 3 is 2.48 bits per heavy atom. The first-order chi connectivity index (χ1) is 16.1. The van der Waals surface area contributed by atoms with Crippen LogP contribution in [0.2, 0.25) is 0 Å². The van der Waals surface area contributed by atoms with E-state index in [-0.39, 0.29) is 11.9 Å². The molecule has 0 amide bonds. The molecule has 1 saturated heterocycles. The predicted molar refractivity (Wildman–Crippen MR) is 124 cm³/mol. The number of anilines is 1. The van der Waals surface area contributed by atoms with Gasteiger partial charge in [0.1, 0.15) is 18.1 Å². The van der Waals surface area contributed by atoms with Crippen LogP contribution in [0.1, 0.15) is 34.3 Å². The van der Waals surface area contributed by atoms with Crippen LogP contribution >= 0.6 is 0 Å². The summed E-state index contributed by atoms with van der Waals surface area (Å²) in [5.41, 5.74) is 4.88. The van der Waals surface area contributed by atoms with Gasteiger partial charge in [-0.05, 0) is 71.3 Å². The Hall–Kier alpha value is -3.52. The molecule has 0 spiro atoms. The Morgan fingerprint density at radius 2 is 1.76 bits per heavy atom. The van der Waals surface area contributed by atoms with Crippen LogP contribution in [0.4, 0.5) is 10.1 Å². The number of tetrazole rings is 1. The van der Waals surface area contributed by atoms with Crippen molar-refractivity contribution in [3.63, 3.8) is 0 Å². The first-order valence-electron chi connectivity index (χ1n) is 11.2. The third kappa shape index (κ3) is 4.39. The van der Waals surface area contributed by atoms with Crippen molar-refractivity contribution in [3.8, 4) is 0 Å². The molecule has 0 N–H and O–H groups in total. The van der Waals surface area contributed by atoms with E-state index >= 15 is 0 Å². The van der Waals surface area contributed by atoms with Gasteiger partial charge in [-0.3, -0.25) is 4.90 Å². The average molecular weight is 447 g/mol. The average Bonchev–Trinajstić information content (AvgIpc) is 3.51. The van der Waals surface area contributed by atoms with Crippen LogP contribution < -0.4 is 4.90 Å². The van der Waals surface area contributed by atoms with E-state index in [0.29, 0.717) is 6.54 Å². The molecule has 33 heavy (non-hydrogen) atoms. The number of nitrogens with zero attached hydrogens (tertiary/aromatic N) is 6. The second-order valence-corrected chi connectivity index (χ2v) is 8.47. The lowest BCUT2D eigenvalue weighted by Gasteiger charge is -2.40. The fourth-order valence-corrected chi connectivity index (χ4v) is 4.54. The molecule has 0 radical (unpaired) electrons. The van der Waals surface area contributed by atoms with E-state index in [1.54, 1.807) is 10.9 Å². The molecule has 1 atom stereocenters. The van der Waals surface area contributed by atoms with Crippen molar-refractivity contribution >= 4 is 5.69 Å². The number of aromatic nitrogens is 4. The van der Waals surface area contributed by atoms with E-state index in [4.69, 9.17) is 4.42 Å². The summed E-state index contributed by atoms with van der Waals surface area (Å²) in [5.74, 6) is 1.24. The number of hydrogen-bond donors (Lipinski definition) is 0. The summed E-state index contributed by atoms with van der Waals surface area (Å²) in [6, 6.07) is 16.7. The third-order valence-corrected chi connectivity index (χ3v) is 6.47. The molecule has 7 nitrogen and oxygen atoms in total. The Kier molecular flexibility index (Phi) is 5.92. The number of piperazine rings is 1. The minimum atomic E-state index is -0.257. The molecule has 2 aromatic heterocycles. The summed E-state index contributed by atoms with van der Waals surface area (Å²) in [7, 11) is 0. The highest BCUT2D eigenvalue weighted by molar-refractivity contribution is 5.56. The number of halogens is 1. The molecule has 170 valence electrons. The second-order valence-electron chi connectivity index (χ2n) is 8.47. The Labute approximate surface area is 192 Å². The van der Waals surface area contributed by atoms with Gasteiger partial charge in [0.15, 0.2) is 5.82 Å². The van der Waals surface area contributed by atoms with Crippen molar-refractivity contribution in [2.45, 2.75) is 26.4 Å². The Bertz CT molecular complexity index is 1200. The van der Waals surface area contributed by atoms with Crippen LogP contribution in [0.5, 0.6) is 0 Å². The number of furan rings is 1. The fraction of sp³-hybridized carbons (Fsp3) is 0.320. The number of hydrogen-bond acceptors (Lipinski definition) is 6. The van der Waals surface area contributed by atoms with Gasteiger partial charge in [-0.2, -0.15) is 0 Å². The van der Waals surface area contributed by atoms with Crippen molar-refractivity contribution in [1.82, 2.24) is 25.1 Å². The summed E-state index contributed by atoms with van der Waals surface area (Å²) in [4.78, 5) is 4.81. The molecule has 4 aromatic rings. The fourth-order valence-electron chi connectivity index (χ4n) is 4.54. The molecule has 1 aliphatic rings. The number of benzene rings is 2. The highest BCUT2D eigenvalue weighted by Crippen LogP contribution is 2.31. The SMILES string of the molecule is Cc1cccc(N2CCN(C(c3ccc(F)cc3)c3nnnn3Cc3ccco3)CC2)c1C. The van der Waals surface area contributed by atoms with Crippen LogP contribution in [0, 0.1) is 19.7 Å². The zero-order valence-corrected chi connectivity index (χ0v) is 18.9. The molecule has 0 bridgehead atoms. The maximum atomic E-state index is 13.7. The predicted octanol–water partition coefficient (Wildman–Crippen LogP) is 3.98. The van der Waals surface area contributed by atoms with Crippen molar-refractivity contribution in [2.75, 3.05) is 31.1 Å². The standard InChI is InChI=1S/C25H27FN6O/c1-18-5-3-7-23(19(18)2)30-12-14-31(15-13-30)24(20-8-10-21(26)11-9-20)25-27-28-29-32(25)17-22-6-4-16-33-22/h3-11,16,24H,12-15,17H2,1-2H3. The Morgan fingerprint density at radius 1 is 0.970 bits per heavy atom. The smallest absolute Gasteiger partial charge is 0.173 e. The summed E-state index contributed by atoms with van der Waals surface area (Å²) in [6.45, 7) is 8.23. The van der Waals surface area contributed by atoms with E-state index in [2.05, 4.69) is 57.4 Å². The maximum Gasteiger partial charge on any atom is 0.173 e. The quantitative estimate of drug-likeness (QED) is 0.446. The van der Waals surface area contributed by atoms with Crippen molar-refractivity contribution < 1.29 is 8.81 Å². The third-order valence-electron chi connectivity index (χ3n) is 6.47. The van der Waals surface area contributed by atoms with Crippen LogP contribution in [-0.2, 0) is 6.54 Å². The summed E-state index contributed by atoms with van der Waals surface area (Å²) >= 11 is 0. The van der Waals surface area contributed by atoms with Crippen LogP contribution in [0.25, 0.3) is 0 Å². The van der Waals surface area contributed by atoms with E-state index < -0.39 is 0 Å². The van der Waals surface area contributed by atoms with Crippen LogP contribution in [0.15, 0.2) is 65.3 Å². The topological polar surface area (TPSA) is 63.2 Å². The zero-order valence-electron chi connectivity index (χ0n) is 18.9. The molecular weight excluding hydrogens is 419 g/mol. The molecule has 2 aromatic carbocycles. The lowest BCUT2D eigenvalue weighted by Crippen LogP contribution is -2.48. The number of rotatable bonds is 6. The van der Waals surface area contributed by atoms with Crippen LogP contribution in [0.3, 0.4) is 0 Å². The van der Waals surface area contributed by atoms with Gasteiger partial charge < -0.3 is 9.32 Å². The first-order valence-corrected chi connectivity index (χ1v) is 11.2. The lowest BCUT2D eigenvalue weighted by atomic mass is 10.0. The summed E-state index contributed by atoms with van der Waals surface area (Å²) < 4.78 is 21.0.